The molecule has 0 spiro atoms. The maximum Gasteiger partial charge on any atom is 0.215 e. The Balaban J connectivity index is 0.00000324. The van der Waals surface area contributed by atoms with Crippen molar-refractivity contribution in [3.05, 3.63) is 21.7 Å². The zero-order chi connectivity index (χ0) is 14.0. The Kier molecular flexibility index (Phi) is 6.68. The number of hydrogen-bond acceptors (Lipinski definition) is 3. The molecule has 8 heteroatoms. The average Bonchev–Trinajstić information content (AvgIpc) is 2.73. The van der Waals surface area contributed by atoms with Crippen molar-refractivity contribution in [2.24, 2.45) is 5.41 Å². The number of nitrogens with zero attached hydrogens (tertiary/aromatic N) is 2. The molecule has 1 aromatic heterocycles. The summed E-state index contributed by atoms with van der Waals surface area (Å²) in [5.74, 6) is 0. The third-order valence-corrected chi connectivity index (χ3v) is 4.03. The second-order valence-corrected chi connectivity index (χ2v) is 5.58. The molecule has 0 saturated heterocycles. The molecule has 1 atom stereocenters. The van der Waals surface area contributed by atoms with E-state index < -0.39 is 17.7 Å². The highest BCUT2D eigenvalue weighted by molar-refractivity contribution is 7.71. The molecule has 0 aliphatic carbocycles. The third-order valence-electron chi connectivity index (χ3n) is 2.95. The van der Waals surface area contributed by atoms with Crippen LogP contribution in [0.3, 0.4) is 0 Å². The fourth-order valence-corrected chi connectivity index (χ4v) is 2.10. The number of nitrogens with one attached hydrogen (secondary N) is 1. The van der Waals surface area contributed by atoms with Gasteiger partial charge in [0.2, 0.25) is 4.77 Å². The van der Waals surface area contributed by atoms with Crippen LogP contribution in [0.2, 0.25) is 0 Å². The summed E-state index contributed by atoms with van der Waals surface area (Å²) in [4.78, 5) is 3.82. The van der Waals surface area contributed by atoms with Gasteiger partial charge in [-0.2, -0.15) is 0 Å². The van der Waals surface area contributed by atoms with Crippen LogP contribution in [-0.2, 0) is 6.54 Å². The smallest absolute Gasteiger partial charge is 0.215 e. The summed E-state index contributed by atoms with van der Waals surface area (Å²) in [5, 5.41) is 13.3. The molecule has 0 aliphatic heterocycles. The first kappa shape index (κ1) is 18.6. The van der Waals surface area contributed by atoms with Crippen LogP contribution in [0, 0.1) is 10.2 Å². The monoisotopic (exact) mass is 329 g/mol. The molecule has 2 N–H and O–H groups in total. The summed E-state index contributed by atoms with van der Waals surface area (Å²) in [6.07, 6.45) is 1.38. The summed E-state index contributed by atoms with van der Waals surface area (Å²) < 4.78 is 14.8. The molecule has 1 aromatic rings. The maximum atomic E-state index is 13.1. The lowest BCUT2D eigenvalue weighted by Gasteiger charge is -2.40. The second-order valence-electron chi connectivity index (χ2n) is 4.59. The fourth-order valence-electron chi connectivity index (χ4n) is 1.43. The van der Waals surface area contributed by atoms with E-state index in [1.54, 1.807) is 13.8 Å². The Labute approximate surface area is 127 Å². The van der Waals surface area contributed by atoms with E-state index in [0.29, 0.717) is 0 Å². The number of aliphatic hydroxyl groups is 1. The van der Waals surface area contributed by atoms with Crippen LogP contribution >= 0.6 is 35.4 Å². The van der Waals surface area contributed by atoms with Crippen LogP contribution < -0.4 is 0 Å². The second kappa shape index (κ2) is 6.83. The highest BCUT2D eigenvalue weighted by atomic mass is 35.5. The standard InChI is InChI=1S/C10H14Cl2FN3OS.CH4/c1-9(2,4-13)10(17,7(12)3-11)5-16-8(18)14-6-15-16;/h3,6,17H,4-5H2,1-2H3,(H,14,15,18);1H4/b7-3-;. The fraction of sp³-hybridized carbons (Fsp3) is 0.636. The number of aromatic amines is 1. The van der Waals surface area contributed by atoms with E-state index in [-0.39, 0.29) is 23.8 Å². The van der Waals surface area contributed by atoms with Gasteiger partial charge in [0.15, 0.2) is 0 Å². The van der Waals surface area contributed by atoms with Gasteiger partial charge in [-0.25, -0.2) is 4.98 Å². The van der Waals surface area contributed by atoms with E-state index in [1.165, 1.54) is 11.0 Å². The van der Waals surface area contributed by atoms with Crippen molar-refractivity contribution in [1.82, 2.24) is 14.8 Å². The highest BCUT2D eigenvalue weighted by Crippen LogP contribution is 2.40. The zero-order valence-corrected chi connectivity index (χ0v) is 12.3. The number of alkyl halides is 1. The molecule has 0 radical (unpaired) electrons. The molecule has 110 valence electrons. The van der Waals surface area contributed by atoms with Crippen LogP contribution in [-0.4, -0.2) is 32.1 Å². The summed E-state index contributed by atoms with van der Waals surface area (Å²) in [7, 11) is 0. The predicted octanol–water partition coefficient (Wildman–Crippen LogP) is 3.62. The summed E-state index contributed by atoms with van der Waals surface area (Å²) in [6.45, 7) is 2.27. The van der Waals surface area contributed by atoms with Gasteiger partial charge in [-0.1, -0.05) is 44.5 Å². The predicted molar refractivity (Wildman–Crippen MR) is 78.6 cm³/mol. The van der Waals surface area contributed by atoms with Gasteiger partial charge in [0.25, 0.3) is 0 Å². The Morgan fingerprint density at radius 3 is 2.63 bits per heavy atom. The quantitative estimate of drug-likeness (QED) is 0.811. The Morgan fingerprint density at radius 2 is 2.26 bits per heavy atom. The van der Waals surface area contributed by atoms with Crippen molar-refractivity contribution in [3.63, 3.8) is 0 Å². The van der Waals surface area contributed by atoms with Gasteiger partial charge in [-0.3, -0.25) is 14.2 Å². The number of aromatic nitrogens is 3. The lowest BCUT2D eigenvalue weighted by molar-refractivity contribution is -0.0557. The van der Waals surface area contributed by atoms with Crippen molar-refractivity contribution in [2.45, 2.75) is 33.4 Å². The Bertz CT molecular complexity index is 500. The molecule has 4 nitrogen and oxygen atoms in total. The highest BCUT2D eigenvalue weighted by Gasteiger charge is 2.47. The van der Waals surface area contributed by atoms with E-state index in [1.807, 2.05) is 0 Å². The van der Waals surface area contributed by atoms with Gasteiger partial charge in [-0.15, -0.1) is 0 Å². The molecule has 1 rings (SSSR count). The number of rotatable bonds is 5. The Hall–Kier alpha value is -0.430. The lowest BCUT2D eigenvalue weighted by Crippen LogP contribution is -2.50. The van der Waals surface area contributed by atoms with Crippen LogP contribution in [0.15, 0.2) is 16.9 Å². The normalized spacial score (nSPS) is 15.8. The van der Waals surface area contributed by atoms with Crippen molar-refractivity contribution < 1.29 is 9.50 Å². The van der Waals surface area contributed by atoms with Crippen molar-refractivity contribution in [3.8, 4) is 0 Å². The van der Waals surface area contributed by atoms with Crippen molar-refractivity contribution >= 4 is 35.4 Å². The first-order valence-corrected chi connectivity index (χ1v) is 6.35. The van der Waals surface area contributed by atoms with Gasteiger partial charge in [0, 0.05) is 11.0 Å². The van der Waals surface area contributed by atoms with Gasteiger partial charge < -0.3 is 5.11 Å². The van der Waals surface area contributed by atoms with Crippen LogP contribution in [0.4, 0.5) is 4.39 Å². The molecule has 0 saturated carbocycles. The van der Waals surface area contributed by atoms with Crippen LogP contribution in [0.1, 0.15) is 21.3 Å². The first-order chi connectivity index (χ1) is 8.28. The molecule has 1 unspecified atom stereocenters. The van der Waals surface area contributed by atoms with Crippen LogP contribution in [0.5, 0.6) is 0 Å². The summed E-state index contributed by atoms with van der Waals surface area (Å²) >= 11 is 16.4. The van der Waals surface area contributed by atoms with Crippen molar-refractivity contribution in [2.75, 3.05) is 6.67 Å². The van der Waals surface area contributed by atoms with E-state index in [2.05, 4.69) is 10.1 Å². The van der Waals surface area contributed by atoms with Gasteiger partial charge in [-0.05, 0) is 12.2 Å². The molecule has 19 heavy (non-hydrogen) atoms. The summed E-state index contributed by atoms with van der Waals surface area (Å²) in [5.41, 5.74) is -1.79. The molecule has 0 amide bonds. The number of H-pyrrole nitrogens is 1. The SMILES string of the molecule is C.CC(C)(CF)C(O)(Cn1[nH]cnc1=S)/C(Cl)=C/Cl. The zero-order valence-electron chi connectivity index (χ0n) is 9.95. The molecular weight excluding hydrogens is 312 g/mol. The molecule has 0 aliphatic rings. The largest absolute Gasteiger partial charge is 0.382 e. The minimum absolute atomic E-state index is 0. The topological polar surface area (TPSA) is 53.8 Å². The molecule has 1 heterocycles. The first-order valence-electron chi connectivity index (χ1n) is 5.13. The average molecular weight is 330 g/mol. The number of halogens is 3. The van der Waals surface area contributed by atoms with Gasteiger partial charge in [0.05, 0.1) is 18.3 Å². The maximum absolute atomic E-state index is 13.1. The third kappa shape index (κ3) is 3.56. The number of hydrogen-bond donors (Lipinski definition) is 2. The molecule has 0 aromatic carbocycles. The minimum Gasteiger partial charge on any atom is -0.382 e. The van der Waals surface area contributed by atoms with E-state index >= 15 is 0 Å². The van der Waals surface area contributed by atoms with Crippen molar-refractivity contribution in [1.29, 1.82) is 0 Å². The van der Waals surface area contributed by atoms with Gasteiger partial charge >= 0.3 is 0 Å². The lowest BCUT2D eigenvalue weighted by atomic mass is 9.75. The van der Waals surface area contributed by atoms with Gasteiger partial charge in [0.1, 0.15) is 11.9 Å². The van der Waals surface area contributed by atoms with E-state index in [9.17, 15) is 9.50 Å². The molecular formula is C11H18Cl2FN3OS. The van der Waals surface area contributed by atoms with E-state index in [0.717, 1.165) is 5.54 Å². The van der Waals surface area contributed by atoms with E-state index in [4.69, 9.17) is 35.4 Å². The minimum atomic E-state index is -1.68. The molecule has 0 bridgehead atoms. The summed E-state index contributed by atoms with van der Waals surface area (Å²) in [6, 6.07) is 0. The Morgan fingerprint density at radius 1 is 1.68 bits per heavy atom. The molecule has 0 fully saturated rings. The van der Waals surface area contributed by atoms with Crippen LogP contribution in [0.25, 0.3) is 0 Å².